The summed E-state index contributed by atoms with van der Waals surface area (Å²) in [5.41, 5.74) is 1.91. The molecular weight excluding hydrogens is 480 g/mol. The number of aliphatic carboxylic acids is 1. The van der Waals surface area contributed by atoms with Gasteiger partial charge in [-0.2, -0.15) is 5.26 Å². The first kappa shape index (κ1) is 25.8. The summed E-state index contributed by atoms with van der Waals surface area (Å²) in [6.07, 6.45) is 6.25. The van der Waals surface area contributed by atoms with E-state index in [9.17, 15) is 24.8 Å². The summed E-state index contributed by atoms with van der Waals surface area (Å²) < 4.78 is 0. The molecule has 2 heterocycles. The van der Waals surface area contributed by atoms with Gasteiger partial charge in [-0.3, -0.25) is 14.5 Å². The molecule has 1 N–H and O–H groups in total. The largest absolute Gasteiger partial charge is 0.481 e. The number of urea groups is 1. The van der Waals surface area contributed by atoms with Gasteiger partial charge in [0.25, 0.3) is 0 Å². The summed E-state index contributed by atoms with van der Waals surface area (Å²) in [6, 6.07) is 17.0. The molecule has 0 spiro atoms. The highest BCUT2D eigenvalue weighted by Gasteiger charge is 2.46. The third-order valence-corrected chi connectivity index (χ3v) is 8.52. The Morgan fingerprint density at radius 3 is 2.37 bits per heavy atom. The average molecular weight is 515 g/mol. The topological polar surface area (TPSA) is 105 Å². The number of carbonyl (C=O) groups excluding carboxylic acids is 2. The summed E-state index contributed by atoms with van der Waals surface area (Å²) in [5.74, 6) is -1.12. The van der Waals surface area contributed by atoms with Crippen molar-refractivity contribution in [2.45, 2.75) is 63.8 Å². The van der Waals surface area contributed by atoms with Gasteiger partial charge in [-0.05, 0) is 61.9 Å². The minimum Gasteiger partial charge on any atom is -0.481 e. The number of carbonyl (C=O) groups is 3. The van der Waals surface area contributed by atoms with E-state index in [4.69, 9.17) is 0 Å². The van der Waals surface area contributed by atoms with E-state index in [0.29, 0.717) is 12.1 Å². The lowest BCUT2D eigenvalue weighted by Crippen LogP contribution is -2.52. The zero-order valence-electron chi connectivity index (χ0n) is 21.6. The highest BCUT2D eigenvalue weighted by Crippen LogP contribution is 2.39. The van der Waals surface area contributed by atoms with Crippen LogP contribution in [0.3, 0.4) is 0 Å². The van der Waals surface area contributed by atoms with Crippen LogP contribution in [-0.2, 0) is 16.0 Å². The van der Waals surface area contributed by atoms with Crippen LogP contribution in [0.5, 0.6) is 0 Å². The zero-order valence-corrected chi connectivity index (χ0v) is 21.6. The molecule has 0 unspecified atom stereocenters. The second-order valence-electron chi connectivity index (χ2n) is 10.8. The Morgan fingerprint density at radius 1 is 1.00 bits per heavy atom. The van der Waals surface area contributed by atoms with Gasteiger partial charge in [-0.1, -0.05) is 43.5 Å². The Kier molecular flexibility index (Phi) is 7.37. The predicted octanol–water partition coefficient (Wildman–Crippen LogP) is 4.96. The number of benzene rings is 2. The lowest BCUT2D eigenvalue weighted by atomic mass is 9.75. The highest BCUT2D eigenvalue weighted by molar-refractivity contribution is 5.97. The fourth-order valence-corrected chi connectivity index (χ4v) is 6.27. The normalized spacial score (nSPS) is 18.9. The Bertz CT molecular complexity index is 1240. The quantitative estimate of drug-likeness (QED) is 0.607. The molecule has 1 aliphatic carbocycles. The van der Waals surface area contributed by atoms with Crippen LogP contribution in [0, 0.1) is 16.7 Å². The van der Waals surface area contributed by atoms with Crippen molar-refractivity contribution in [2.24, 2.45) is 5.41 Å². The molecule has 2 aliphatic heterocycles. The van der Waals surface area contributed by atoms with Gasteiger partial charge in [-0.15, -0.1) is 0 Å². The number of hydrogen-bond donors (Lipinski definition) is 1. The Morgan fingerprint density at radius 2 is 1.71 bits per heavy atom. The van der Waals surface area contributed by atoms with Crippen molar-refractivity contribution in [3.63, 3.8) is 0 Å². The fraction of sp³-hybridized carbons (Fsp3) is 0.467. The maximum absolute atomic E-state index is 13.8. The molecule has 2 fully saturated rings. The molecule has 3 aliphatic rings. The monoisotopic (exact) mass is 514 g/mol. The SMILES string of the molecule is N#Cc1ccc2c(c1)N(C(=O)N1CCC(CC(=O)N(c3ccccc3)C3CCCCC3)(C(=O)O)CC1)CC2. The Balaban J connectivity index is 1.30. The number of anilines is 2. The molecular formula is C30H34N4O4. The van der Waals surface area contributed by atoms with E-state index in [1.54, 1.807) is 21.9 Å². The van der Waals surface area contributed by atoms with Gasteiger partial charge < -0.3 is 14.9 Å². The molecule has 0 radical (unpaired) electrons. The van der Waals surface area contributed by atoms with E-state index in [1.165, 1.54) is 0 Å². The van der Waals surface area contributed by atoms with Crippen LogP contribution in [0.1, 0.15) is 62.5 Å². The van der Waals surface area contributed by atoms with Crippen LogP contribution in [0.4, 0.5) is 16.2 Å². The number of rotatable bonds is 5. The number of nitriles is 1. The maximum atomic E-state index is 13.8. The number of piperidine rings is 1. The van der Waals surface area contributed by atoms with Crippen molar-refractivity contribution in [3.05, 3.63) is 59.7 Å². The predicted molar refractivity (Wildman–Crippen MR) is 144 cm³/mol. The van der Waals surface area contributed by atoms with Crippen molar-refractivity contribution >= 4 is 29.3 Å². The van der Waals surface area contributed by atoms with E-state index < -0.39 is 11.4 Å². The number of carboxylic acid groups (broad SMARTS) is 1. The van der Waals surface area contributed by atoms with Crippen molar-refractivity contribution in [1.82, 2.24) is 4.90 Å². The molecule has 0 atom stereocenters. The second-order valence-corrected chi connectivity index (χ2v) is 10.8. The number of para-hydroxylation sites is 1. The number of fused-ring (bicyclic) bond motifs is 1. The molecule has 2 aromatic rings. The van der Waals surface area contributed by atoms with E-state index >= 15 is 0 Å². The number of hydrogen-bond acceptors (Lipinski definition) is 4. The molecule has 0 aromatic heterocycles. The Labute approximate surface area is 223 Å². The molecule has 38 heavy (non-hydrogen) atoms. The molecule has 0 bridgehead atoms. The van der Waals surface area contributed by atoms with Crippen LogP contribution >= 0.6 is 0 Å². The third-order valence-electron chi connectivity index (χ3n) is 8.52. The van der Waals surface area contributed by atoms with Gasteiger partial charge in [0.1, 0.15) is 0 Å². The lowest BCUT2D eigenvalue weighted by molar-refractivity contribution is -0.154. The van der Waals surface area contributed by atoms with E-state index in [0.717, 1.165) is 55.5 Å². The summed E-state index contributed by atoms with van der Waals surface area (Å²) >= 11 is 0. The van der Waals surface area contributed by atoms with Gasteiger partial charge >= 0.3 is 12.0 Å². The van der Waals surface area contributed by atoms with Gasteiger partial charge in [0.15, 0.2) is 0 Å². The van der Waals surface area contributed by atoms with Crippen molar-refractivity contribution in [2.75, 3.05) is 29.4 Å². The van der Waals surface area contributed by atoms with E-state index in [2.05, 4.69) is 6.07 Å². The third kappa shape index (κ3) is 4.98. The summed E-state index contributed by atoms with van der Waals surface area (Å²) in [5, 5.41) is 19.6. The van der Waals surface area contributed by atoms with Gasteiger partial charge in [0.05, 0.1) is 17.0 Å². The van der Waals surface area contributed by atoms with Gasteiger partial charge in [0, 0.05) is 43.5 Å². The molecule has 198 valence electrons. The van der Waals surface area contributed by atoms with Crippen molar-refractivity contribution in [1.29, 1.82) is 5.26 Å². The molecule has 3 amide bonds. The molecule has 2 aromatic carbocycles. The van der Waals surface area contributed by atoms with Crippen LogP contribution in [0.15, 0.2) is 48.5 Å². The summed E-state index contributed by atoms with van der Waals surface area (Å²) in [4.78, 5) is 45.0. The number of carboxylic acids is 1. The number of amides is 3. The maximum Gasteiger partial charge on any atom is 0.324 e. The summed E-state index contributed by atoms with van der Waals surface area (Å²) in [7, 11) is 0. The zero-order chi connectivity index (χ0) is 26.7. The van der Waals surface area contributed by atoms with Crippen molar-refractivity contribution in [3.8, 4) is 6.07 Å². The van der Waals surface area contributed by atoms with Crippen LogP contribution < -0.4 is 9.80 Å². The molecule has 1 saturated carbocycles. The second kappa shape index (κ2) is 10.9. The summed E-state index contributed by atoms with van der Waals surface area (Å²) in [6.45, 7) is 1.09. The number of nitrogens with zero attached hydrogens (tertiary/aromatic N) is 4. The van der Waals surface area contributed by atoms with Crippen LogP contribution in [0.2, 0.25) is 0 Å². The first-order valence-corrected chi connectivity index (χ1v) is 13.6. The first-order valence-electron chi connectivity index (χ1n) is 13.6. The lowest BCUT2D eigenvalue weighted by Gasteiger charge is -2.41. The highest BCUT2D eigenvalue weighted by atomic mass is 16.4. The van der Waals surface area contributed by atoms with E-state index in [-0.39, 0.29) is 50.3 Å². The van der Waals surface area contributed by atoms with Gasteiger partial charge in [-0.25, -0.2) is 4.79 Å². The minimum atomic E-state index is -1.20. The molecule has 8 nitrogen and oxygen atoms in total. The smallest absolute Gasteiger partial charge is 0.324 e. The molecule has 5 rings (SSSR count). The van der Waals surface area contributed by atoms with Crippen molar-refractivity contribution < 1.29 is 19.5 Å². The van der Waals surface area contributed by atoms with E-state index in [1.807, 2.05) is 41.3 Å². The fourth-order valence-electron chi connectivity index (χ4n) is 6.27. The Hall–Kier alpha value is -3.86. The number of likely N-dealkylation sites (tertiary alicyclic amines) is 1. The first-order chi connectivity index (χ1) is 18.4. The average Bonchev–Trinajstić information content (AvgIpc) is 3.37. The van der Waals surface area contributed by atoms with Gasteiger partial charge in [0.2, 0.25) is 5.91 Å². The molecule has 1 saturated heterocycles. The standard InChI is InChI=1S/C30H34N4O4/c31-21-22-11-12-23-13-16-33(26(23)19-22)29(38)32-17-14-30(15-18-32,28(36)37)20-27(35)34(24-7-3-1-4-8-24)25-9-5-2-6-10-25/h1,3-4,7-8,11-12,19,25H,2,5-6,9-10,13-18,20H2,(H,36,37). The molecule has 8 heteroatoms. The minimum absolute atomic E-state index is 0.0756. The van der Waals surface area contributed by atoms with Crippen LogP contribution in [-0.4, -0.2) is 53.6 Å². The van der Waals surface area contributed by atoms with Crippen LogP contribution in [0.25, 0.3) is 0 Å².